The van der Waals surface area contributed by atoms with Crippen LogP contribution in [0.15, 0.2) is 12.1 Å². The first-order chi connectivity index (χ1) is 8.15. The summed E-state index contributed by atoms with van der Waals surface area (Å²) in [6.07, 6.45) is 6.60. The fourth-order valence-electron chi connectivity index (χ4n) is 2.01. The molecule has 0 saturated heterocycles. The number of nitrogens with zero attached hydrogens (tertiary/aromatic N) is 1. The topological polar surface area (TPSA) is 30.0 Å². The lowest BCUT2D eigenvalue weighted by molar-refractivity contribution is 0.0978. The van der Waals surface area contributed by atoms with Crippen molar-refractivity contribution >= 4 is 5.78 Å². The Balaban J connectivity index is 2.42. The molecule has 1 heterocycles. The number of hydrogen-bond donors (Lipinski definition) is 0. The second-order valence-electron chi connectivity index (χ2n) is 4.67. The maximum absolute atomic E-state index is 12.0. The predicted molar refractivity (Wildman–Crippen MR) is 71.4 cm³/mol. The number of carbonyl (C=O) groups is 1. The monoisotopic (exact) mass is 233 g/mol. The van der Waals surface area contributed by atoms with Crippen LogP contribution < -0.4 is 0 Å². The highest BCUT2D eigenvalue weighted by Gasteiger charge is 2.09. The largest absolute Gasteiger partial charge is 0.294 e. The van der Waals surface area contributed by atoms with Crippen molar-refractivity contribution < 1.29 is 4.79 Å². The van der Waals surface area contributed by atoms with Gasteiger partial charge in [-0.15, -0.1) is 0 Å². The van der Waals surface area contributed by atoms with Crippen LogP contribution in [-0.2, 0) is 0 Å². The average molecular weight is 233 g/mol. The van der Waals surface area contributed by atoms with E-state index in [9.17, 15) is 4.79 Å². The van der Waals surface area contributed by atoms with Gasteiger partial charge in [-0.2, -0.15) is 0 Å². The predicted octanol–water partition coefficient (Wildman–Crippen LogP) is 4.24. The molecule has 1 aromatic rings. The lowest BCUT2D eigenvalue weighted by Crippen LogP contribution is -2.04. The van der Waals surface area contributed by atoms with Crippen LogP contribution in [0, 0.1) is 13.8 Å². The summed E-state index contributed by atoms with van der Waals surface area (Å²) < 4.78 is 0. The minimum atomic E-state index is 0.242. The molecule has 17 heavy (non-hydrogen) atoms. The molecule has 0 N–H and O–H groups in total. The maximum Gasteiger partial charge on any atom is 0.164 e. The normalized spacial score (nSPS) is 10.5. The number of ketones is 1. The SMILES string of the molecule is CCCCCCCC(=O)c1ccc(C)nc1C. The van der Waals surface area contributed by atoms with Crippen molar-refractivity contribution in [1.29, 1.82) is 0 Å². The highest BCUT2D eigenvalue weighted by molar-refractivity contribution is 5.96. The summed E-state index contributed by atoms with van der Waals surface area (Å²) in [4.78, 5) is 16.3. The molecule has 0 aliphatic heterocycles. The molecule has 1 aromatic heterocycles. The van der Waals surface area contributed by atoms with E-state index in [0.717, 1.165) is 29.8 Å². The van der Waals surface area contributed by atoms with Gasteiger partial charge in [-0.3, -0.25) is 9.78 Å². The summed E-state index contributed by atoms with van der Waals surface area (Å²) in [7, 11) is 0. The van der Waals surface area contributed by atoms with Crippen LogP contribution in [0.4, 0.5) is 0 Å². The van der Waals surface area contributed by atoms with Crippen molar-refractivity contribution in [3.8, 4) is 0 Å². The van der Waals surface area contributed by atoms with E-state index < -0.39 is 0 Å². The Hall–Kier alpha value is -1.18. The van der Waals surface area contributed by atoms with Crippen molar-refractivity contribution in [2.45, 2.75) is 59.3 Å². The van der Waals surface area contributed by atoms with E-state index in [1.54, 1.807) is 0 Å². The first-order valence-electron chi connectivity index (χ1n) is 6.62. The molecule has 2 nitrogen and oxygen atoms in total. The molecule has 0 fully saturated rings. The molecule has 0 radical (unpaired) electrons. The van der Waals surface area contributed by atoms with Crippen LogP contribution in [0.5, 0.6) is 0 Å². The van der Waals surface area contributed by atoms with Gasteiger partial charge in [0.25, 0.3) is 0 Å². The Labute approximate surface area is 104 Å². The van der Waals surface area contributed by atoms with E-state index in [1.165, 1.54) is 19.3 Å². The molecular weight excluding hydrogens is 210 g/mol. The first kappa shape index (κ1) is 13.9. The van der Waals surface area contributed by atoms with Crippen molar-refractivity contribution in [3.63, 3.8) is 0 Å². The molecule has 0 aliphatic carbocycles. The highest BCUT2D eigenvalue weighted by Crippen LogP contribution is 2.12. The second kappa shape index (κ2) is 7.21. The number of carbonyl (C=O) groups excluding carboxylic acids is 1. The third-order valence-corrected chi connectivity index (χ3v) is 3.03. The number of unbranched alkanes of at least 4 members (excludes halogenated alkanes) is 4. The highest BCUT2D eigenvalue weighted by atomic mass is 16.1. The second-order valence-corrected chi connectivity index (χ2v) is 4.67. The number of pyridine rings is 1. The van der Waals surface area contributed by atoms with Crippen LogP contribution in [0.2, 0.25) is 0 Å². The lowest BCUT2D eigenvalue weighted by Gasteiger charge is -2.05. The Bertz CT molecular complexity index is 371. The molecule has 0 aromatic carbocycles. The van der Waals surface area contributed by atoms with E-state index in [1.807, 2.05) is 26.0 Å². The smallest absolute Gasteiger partial charge is 0.164 e. The van der Waals surface area contributed by atoms with Gasteiger partial charge in [0.15, 0.2) is 5.78 Å². The van der Waals surface area contributed by atoms with E-state index in [-0.39, 0.29) is 5.78 Å². The Morgan fingerprint density at radius 3 is 2.47 bits per heavy atom. The maximum atomic E-state index is 12.0. The van der Waals surface area contributed by atoms with Gasteiger partial charge >= 0.3 is 0 Å². The molecule has 0 aliphatic rings. The molecule has 1 rings (SSSR count). The van der Waals surface area contributed by atoms with Gasteiger partial charge in [0.05, 0.1) is 0 Å². The van der Waals surface area contributed by atoms with Gasteiger partial charge < -0.3 is 0 Å². The number of aromatic nitrogens is 1. The lowest BCUT2D eigenvalue weighted by atomic mass is 10.0. The average Bonchev–Trinajstić information content (AvgIpc) is 2.28. The molecule has 0 amide bonds. The van der Waals surface area contributed by atoms with Crippen LogP contribution in [0.25, 0.3) is 0 Å². The van der Waals surface area contributed by atoms with Crippen LogP contribution in [-0.4, -0.2) is 10.8 Å². The zero-order valence-electron chi connectivity index (χ0n) is 11.3. The Morgan fingerprint density at radius 2 is 1.82 bits per heavy atom. The van der Waals surface area contributed by atoms with Crippen LogP contribution in [0.1, 0.15) is 67.2 Å². The standard InChI is InChI=1S/C15H23NO/c1-4-5-6-7-8-9-15(17)14-11-10-12(2)16-13(14)3/h10-11H,4-9H2,1-3H3. The van der Waals surface area contributed by atoms with Crippen LogP contribution >= 0.6 is 0 Å². The van der Waals surface area contributed by atoms with E-state index in [4.69, 9.17) is 0 Å². The fourth-order valence-corrected chi connectivity index (χ4v) is 2.01. The molecule has 0 spiro atoms. The number of Topliss-reactive ketones (excluding diaryl/α,β-unsaturated/α-hetero) is 1. The van der Waals surface area contributed by atoms with Crippen molar-refractivity contribution in [2.24, 2.45) is 0 Å². The summed E-state index contributed by atoms with van der Waals surface area (Å²) in [5.41, 5.74) is 2.64. The zero-order chi connectivity index (χ0) is 12.7. The van der Waals surface area contributed by atoms with Gasteiger partial charge in [0, 0.05) is 23.4 Å². The minimum absolute atomic E-state index is 0.242. The Morgan fingerprint density at radius 1 is 1.12 bits per heavy atom. The number of rotatable bonds is 7. The van der Waals surface area contributed by atoms with E-state index in [0.29, 0.717) is 6.42 Å². The van der Waals surface area contributed by atoms with Crippen molar-refractivity contribution in [2.75, 3.05) is 0 Å². The van der Waals surface area contributed by atoms with Gasteiger partial charge in [-0.1, -0.05) is 32.6 Å². The molecule has 0 bridgehead atoms. The quantitative estimate of drug-likeness (QED) is 0.521. The third-order valence-electron chi connectivity index (χ3n) is 3.03. The van der Waals surface area contributed by atoms with E-state index >= 15 is 0 Å². The zero-order valence-corrected chi connectivity index (χ0v) is 11.3. The summed E-state index contributed by atoms with van der Waals surface area (Å²) >= 11 is 0. The Kier molecular flexibility index (Phi) is 5.88. The number of hydrogen-bond acceptors (Lipinski definition) is 2. The van der Waals surface area contributed by atoms with Gasteiger partial charge in [-0.05, 0) is 32.4 Å². The molecule has 0 saturated carbocycles. The summed E-state index contributed by atoms with van der Waals surface area (Å²) in [6.45, 7) is 6.07. The van der Waals surface area contributed by atoms with Gasteiger partial charge in [-0.25, -0.2) is 0 Å². The molecular formula is C15H23NO. The third kappa shape index (κ3) is 4.68. The van der Waals surface area contributed by atoms with Gasteiger partial charge in [0.1, 0.15) is 0 Å². The number of aryl methyl sites for hydroxylation is 2. The minimum Gasteiger partial charge on any atom is -0.294 e. The summed E-state index contributed by atoms with van der Waals surface area (Å²) in [5.74, 6) is 0.242. The van der Waals surface area contributed by atoms with Crippen LogP contribution in [0.3, 0.4) is 0 Å². The molecule has 94 valence electrons. The summed E-state index contributed by atoms with van der Waals surface area (Å²) in [6, 6.07) is 3.82. The van der Waals surface area contributed by atoms with Crippen molar-refractivity contribution in [1.82, 2.24) is 4.98 Å². The first-order valence-corrected chi connectivity index (χ1v) is 6.62. The molecule has 0 unspecified atom stereocenters. The van der Waals surface area contributed by atoms with E-state index in [2.05, 4.69) is 11.9 Å². The molecule has 0 atom stereocenters. The molecule has 2 heteroatoms. The van der Waals surface area contributed by atoms with Gasteiger partial charge in [0.2, 0.25) is 0 Å². The fraction of sp³-hybridized carbons (Fsp3) is 0.600. The van der Waals surface area contributed by atoms with Crippen molar-refractivity contribution in [3.05, 3.63) is 29.1 Å². The summed E-state index contributed by atoms with van der Waals surface area (Å²) in [5, 5.41) is 0.